The summed E-state index contributed by atoms with van der Waals surface area (Å²) in [6.07, 6.45) is 2.57. The van der Waals surface area contributed by atoms with E-state index in [1.807, 2.05) is 0 Å². The second kappa shape index (κ2) is 2.15. The Morgan fingerprint density at radius 2 is 2.50 bits per heavy atom. The highest BCUT2D eigenvalue weighted by atomic mass is 15.3. The van der Waals surface area contributed by atoms with Crippen LogP contribution in [0.25, 0.3) is 10.4 Å². The highest BCUT2D eigenvalue weighted by molar-refractivity contribution is 4.90. The summed E-state index contributed by atoms with van der Waals surface area (Å²) in [6.45, 7) is 2.29. The van der Waals surface area contributed by atoms with Crippen LogP contribution in [0.5, 0.6) is 0 Å². The van der Waals surface area contributed by atoms with E-state index in [0.717, 1.165) is 25.4 Å². The number of hydrogen-bond donors (Lipinski definition) is 0. The summed E-state index contributed by atoms with van der Waals surface area (Å²) in [7, 11) is 0. The maximum atomic E-state index is 8.19. The quantitative estimate of drug-likeness (QED) is 0.306. The summed E-state index contributed by atoms with van der Waals surface area (Å²) in [6, 6.07) is 0. The number of fused-ring (bicyclic) bond motifs is 2. The molecule has 0 spiro atoms. The van der Waals surface area contributed by atoms with E-state index in [9.17, 15) is 0 Å². The Morgan fingerprint density at radius 3 is 3.00 bits per heavy atom. The van der Waals surface area contributed by atoms with Gasteiger partial charge in [-0.25, -0.2) is 0 Å². The van der Waals surface area contributed by atoms with E-state index in [1.165, 1.54) is 6.42 Å². The summed E-state index contributed by atoms with van der Waals surface area (Å²) in [4.78, 5) is 5.09. The van der Waals surface area contributed by atoms with Crippen LogP contribution >= 0.6 is 0 Å². The standard InChI is InChI=1S/C6H10N4/c7-9-8-6-3-5-1-2-10(6)4-5/h5-6H,1-4H2. The SMILES string of the molecule is [N-]=[N+]=NC1CC2CCN1C2. The topological polar surface area (TPSA) is 52.0 Å². The van der Waals surface area contributed by atoms with Crippen molar-refractivity contribution >= 4 is 0 Å². The van der Waals surface area contributed by atoms with Gasteiger partial charge in [0.25, 0.3) is 0 Å². The van der Waals surface area contributed by atoms with Crippen LogP contribution in [0.4, 0.5) is 0 Å². The van der Waals surface area contributed by atoms with E-state index < -0.39 is 0 Å². The molecule has 2 aliphatic heterocycles. The van der Waals surface area contributed by atoms with Crippen LogP contribution in [0, 0.1) is 5.92 Å². The van der Waals surface area contributed by atoms with E-state index in [2.05, 4.69) is 14.9 Å². The van der Waals surface area contributed by atoms with Gasteiger partial charge in [0.1, 0.15) is 0 Å². The van der Waals surface area contributed by atoms with Crippen molar-refractivity contribution in [3.63, 3.8) is 0 Å². The predicted octanol–water partition coefficient (Wildman–Crippen LogP) is 1.35. The molecule has 0 radical (unpaired) electrons. The van der Waals surface area contributed by atoms with Crippen LogP contribution in [0.3, 0.4) is 0 Å². The highest BCUT2D eigenvalue weighted by Crippen LogP contribution is 2.33. The van der Waals surface area contributed by atoms with Gasteiger partial charge in [-0.1, -0.05) is 5.11 Å². The Kier molecular flexibility index (Phi) is 1.29. The molecule has 0 aromatic heterocycles. The van der Waals surface area contributed by atoms with E-state index in [1.54, 1.807) is 0 Å². The van der Waals surface area contributed by atoms with Crippen LogP contribution < -0.4 is 0 Å². The van der Waals surface area contributed by atoms with Crippen molar-refractivity contribution in [3.05, 3.63) is 10.4 Å². The molecule has 10 heavy (non-hydrogen) atoms. The summed E-state index contributed by atoms with van der Waals surface area (Å²) < 4.78 is 0. The third-order valence-electron chi connectivity index (χ3n) is 2.47. The van der Waals surface area contributed by atoms with Crippen LogP contribution in [-0.4, -0.2) is 24.2 Å². The predicted molar refractivity (Wildman–Crippen MR) is 37.2 cm³/mol. The zero-order valence-electron chi connectivity index (χ0n) is 5.77. The molecule has 0 aromatic rings. The van der Waals surface area contributed by atoms with Crippen molar-refractivity contribution in [2.75, 3.05) is 13.1 Å². The van der Waals surface area contributed by atoms with Gasteiger partial charge in [0.2, 0.25) is 0 Å². The van der Waals surface area contributed by atoms with Crippen molar-refractivity contribution in [3.8, 4) is 0 Å². The number of nitrogens with zero attached hydrogens (tertiary/aromatic N) is 4. The minimum absolute atomic E-state index is 0.184. The highest BCUT2D eigenvalue weighted by Gasteiger charge is 2.36. The lowest BCUT2D eigenvalue weighted by atomic mass is 10.0. The summed E-state index contributed by atoms with van der Waals surface area (Å²) in [5, 5.41) is 3.71. The van der Waals surface area contributed by atoms with Crippen molar-refractivity contribution in [2.45, 2.75) is 19.0 Å². The number of azide groups is 1. The number of piperidine rings is 1. The molecule has 2 heterocycles. The molecule has 3 unspecified atom stereocenters. The van der Waals surface area contributed by atoms with Crippen molar-refractivity contribution < 1.29 is 0 Å². The van der Waals surface area contributed by atoms with E-state index in [-0.39, 0.29) is 6.17 Å². The van der Waals surface area contributed by atoms with Gasteiger partial charge < -0.3 is 0 Å². The Morgan fingerprint density at radius 1 is 1.60 bits per heavy atom. The smallest absolute Gasteiger partial charge is 0.0890 e. The molecule has 3 atom stereocenters. The summed E-state index contributed by atoms with van der Waals surface area (Å²) >= 11 is 0. The molecule has 4 heteroatoms. The molecule has 2 fully saturated rings. The maximum absolute atomic E-state index is 8.19. The summed E-state index contributed by atoms with van der Waals surface area (Å²) in [5.74, 6) is 0.815. The van der Waals surface area contributed by atoms with Gasteiger partial charge in [0.15, 0.2) is 0 Å². The molecule has 0 aliphatic carbocycles. The van der Waals surface area contributed by atoms with Gasteiger partial charge in [-0.3, -0.25) is 4.90 Å². The lowest BCUT2D eigenvalue weighted by molar-refractivity contribution is 0.268. The van der Waals surface area contributed by atoms with Crippen LogP contribution in [0.1, 0.15) is 12.8 Å². The largest absolute Gasteiger partial charge is 0.295 e. The number of rotatable bonds is 1. The fourth-order valence-corrected chi connectivity index (χ4v) is 1.95. The molecule has 2 aliphatic rings. The third-order valence-corrected chi connectivity index (χ3v) is 2.47. The maximum Gasteiger partial charge on any atom is 0.0890 e. The molecule has 2 saturated heterocycles. The first-order valence-corrected chi connectivity index (χ1v) is 3.68. The Labute approximate surface area is 59.4 Å². The molecule has 0 amide bonds. The van der Waals surface area contributed by atoms with Crippen molar-refractivity contribution in [1.82, 2.24) is 4.90 Å². The van der Waals surface area contributed by atoms with E-state index in [4.69, 9.17) is 5.53 Å². The normalized spacial score (nSPS) is 43.4. The van der Waals surface area contributed by atoms with Gasteiger partial charge in [-0.2, -0.15) is 0 Å². The molecule has 0 saturated carbocycles. The first-order chi connectivity index (χ1) is 4.90. The van der Waals surface area contributed by atoms with Gasteiger partial charge >= 0.3 is 0 Å². The average Bonchev–Trinajstić information content (AvgIpc) is 2.48. The fraction of sp³-hybridized carbons (Fsp3) is 1.00. The molecule has 54 valence electrons. The molecular formula is C6H10N4. The molecule has 0 aromatic carbocycles. The second-order valence-electron chi connectivity index (χ2n) is 3.07. The second-order valence-corrected chi connectivity index (χ2v) is 3.07. The Hall–Kier alpha value is -0.730. The van der Waals surface area contributed by atoms with Crippen molar-refractivity contribution in [2.24, 2.45) is 11.0 Å². The van der Waals surface area contributed by atoms with Gasteiger partial charge in [0, 0.05) is 11.5 Å². The summed E-state index contributed by atoms with van der Waals surface area (Å²) in [5.41, 5.74) is 8.19. The zero-order chi connectivity index (χ0) is 6.97. The van der Waals surface area contributed by atoms with Gasteiger partial charge in [0.05, 0.1) is 6.17 Å². The van der Waals surface area contributed by atoms with Gasteiger partial charge in [-0.15, -0.1) is 0 Å². The first kappa shape index (κ1) is 6.01. The third kappa shape index (κ3) is 0.770. The minimum Gasteiger partial charge on any atom is -0.295 e. The van der Waals surface area contributed by atoms with Crippen molar-refractivity contribution in [1.29, 1.82) is 0 Å². The first-order valence-electron chi connectivity index (χ1n) is 3.68. The lowest BCUT2D eigenvalue weighted by Crippen LogP contribution is -2.26. The van der Waals surface area contributed by atoms with Gasteiger partial charge in [-0.05, 0) is 30.8 Å². The monoisotopic (exact) mass is 138 g/mol. The fourth-order valence-electron chi connectivity index (χ4n) is 1.95. The zero-order valence-corrected chi connectivity index (χ0v) is 5.77. The average molecular weight is 138 g/mol. The van der Waals surface area contributed by atoms with E-state index in [0.29, 0.717) is 0 Å². The molecule has 4 nitrogen and oxygen atoms in total. The van der Waals surface area contributed by atoms with Crippen LogP contribution in [-0.2, 0) is 0 Å². The van der Waals surface area contributed by atoms with Crippen LogP contribution in [0.15, 0.2) is 5.11 Å². The Bertz CT molecular complexity index is 184. The van der Waals surface area contributed by atoms with E-state index >= 15 is 0 Å². The molecule has 0 N–H and O–H groups in total. The Balaban J connectivity index is 2.08. The molecular weight excluding hydrogens is 128 g/mol. The van der Waals surface area contributed by atoms with Crippen LogP contribution in [0.2, 0.25) is 0 Å². The molecule has 2 rings (SSSR count). The number of hydrogen-bond acceptors (Lipinski definition) is 2. The minimum atomic E-state index is 0.184. The lowest BCUT2D eigenvalue weighted by Gasteiger charge is -2.18. The molecule has 2 bridgehead atoms.